The molecule has 6 nitrogen and oxygen atoms in total. The van der Waals surface area contributed by atoms with Crippen molar-refractivity contribution in [2.45, 2.75) is 26.7 Å². The van der Waals surface area contributed by atoms with Crippen LogP contribution in [0.1, 0.15) is 25.3 Å². The second-order valence-corrected chi connectivity index (χ2v) is 5.81. The number of aromatic nitrogens is 3. The van der Waals surface area contributed by atoms with E-state index in [0.717, 1.165) is 30.0 Å². The number of hydrogen-bond donors (Lipinski definition) is 1. The summed E-state index contributed by atoms with van der Waals surface area (Å²) < 4.78 is 1.78. The highest BCUT2D eigenvalue weighted by atomic mass is 16.4. The van der Waals surface area contributed by atoms with Crippen LogP contribution >= 0.6 is 0 Å². The van der Waals surface area contributed by atoms with E-state index in [1.54, 1.807) is 4.52 Å². The maximum Gasteiger partial charge on any atom is 0.311 e. The predicted molar refractivity (Wildman–Crippen MR) is 74.9 cm³/mol. The summed E-state index contributed by atoms with van der Waals surface area (Å²) >= 11 is 0. The fourth-order valence-electron chi connectivity index (χ4n) is 2.87. The van der Waals surface area contributed by atoms with Gasteiger partial charge < -0.3 is 10.0 Å². The fraction of sp³-hybridized carbons (Fsp3) is 0.500. The summed E-state index contributed by atoms with van der Waals surface area (Å²) in [7, 11) is 0. The lowest BCUT2D eigenvalue weighted by Crippen LogP contribution is -2.46. The van der Waals surface area contributed by atoms with Gasteiger partial charge in [-0.15, -0.1) is 0 Å². The van der Waals surface area contributed by atoms with Crippen LogP contribution in [0.2, 0.25) is 0 Å². The Balaban J connectivity index is 2.02. The first kappa shape index (κ1) is 12.9. The van der Waals surface area contributed by atoms with E-state index < -0.39 is 11.4 Å². The number of aryl methyl sites for hydroxylation is 1. The van der Waals surface area contributed by atoms with Gasteiger partial charge in [0.1, 0.15) is 12.1 Å². The molecular formula is C14H18N4O2. The molecule has 0 saturated carbocycles. The van der Waals surface area contributed by atoms with E-state index in [4.69, 9.17) is 0 Å². The van der Waals surface area contributed by atoms with Crippen molar-refractivity contribution in [1.29, 1.82) is 0 Å². The van der Waals surface area contributed by atoms with E-state index in [-0.39, 0.29) is 0 Å². The lowest BCUT2D eigenvalue weighted by atomic mass is 9.82. The van der Waals surface area contributed by atoms with E-state index in [0.29, 0.717) is 13.0 Å². The molecule has 6 heteroatoms. The van der Waals surface area contributed by atoms with Crippen molar-refractivity contribution >= 4 is 17.4 Å². The SMILES string of the molecule is Cc1cc(N2CCCC(C)(C(=O)O)C2)n2ncnc2c1. The maximum absolute atomic E-state index is 11.5. The average molecular weight is 274 g/mol. The average Bonchev–Trinajstić information content (AvgIpc) is 2.85. The number of rotatable bonds is 2. The van der Waals surface area contributed by atoms with Gasteiger partial charge in [0.2, 0.25) is 0 Å². The van der Waals surface area contributed by atoms with Gasteiger partial charge in [0.05, 0.1) is 5.41 Å². The van der Waals surface area contributed by atoms with Crippen LogP contribution in [0.15, 0.2) is 18.5 Å². The van der Waals surface area contributed by atoms with E-state index in [1.807, 2.05) is 26.0 Å². The number of carboxylic acid groups (broad SMARTS) is 1. The number of pyridine rings is 1. The monoisotopic (exact) mass is 274 g/mol. The molecule has 1 unspecified atom stereocenters. The molecule has 1 atom stereocenters. The van der Waals surface area contributed by atoms with Crippen LogP contribution in [0.4, 0.5) is 5.82 Å². The number of aliphatic carboxylic acids is 1. The molecule has 0 aromatic carbocycles. The van der Waals surface area contributed by atoms with Gasteiger partial charge in [0.25, 0.3) is 0 Å². The summed E-state index contributed by atoms with van der Waals surface area (Å²) in [5, 5.41) is 13.7. The third-order valence-electron chi connectivity index (χ3n) is 4.04. The Morgan fingerprint density at radius 1 is 1.45 bits per heavy atom. The Morgan fingerprint density at radius 3 is 3.00 bits per heavy atom. The number of anilines is 1. The molecule has 2 aromatic heterocycles. The van der Waals surface area contributed by atoms with Gasteiger partial charge in [-0.3, -0.25) is 4.79 Å². The van der Waals surface area contributed by atoms with E-state index in [1.165, 1.54) is 6.33 Å². The van der Waals surface area contributed by atoms with Gasteiger partial charge in [0, 0.05) is 13.1 Å². The summed E-state index contributed by atoms with van der Waals surface area (Å²) in [5.41, 5.74) is 1.19. The van der Waals surface area contributed by atoms with Gasteiger partial charge >= 0.3 is 5.97 Å². The molecule has 0 radical (unpaired) electrons. The minimum atomic E-state index is -0.732. The van der Waals surface area contributed by atoms with Gasteiger partial charge in [-0.25, -0.2) is 4.98 Å². The first-order valence-corrected chi connectivity index (χ1v) is 6.78. The molecule has 3 heterocycles. The Hall–Kier alpha value is -2.11. The van der Waals surface area contributed by atoms with Crippen molar-refractivity contribution in [1.82, 2.24) is 14.6 Å². The van der Waals surface area contributed by atoms with Crippen LogP contribution in [0.3, 0.4) is 0 Å². The number of piperidine rings is 1. The lowest BCUT2D eigenvalue weighted by molar-refractivity contribution is -0.148. The Morgan fingerprint density at radius 2 is 2.25 bits per heavy atom. The second kappa shape index (κ2) is 4.47. The van der Waals surface area contributed by atoms with Crippen molar-refractivity contribution in [2.24, 2.45) is 5.41 Å². The third-order valence-corrected chi connectivity index (χ3v) is 4.04. The standard InChI is InChI=1S/C14H18N4O2/c1-10-6-11-15-9-16-18(11)12(7-10)17-5-3-4-14(2,8-17)13(19)20/h6-7,9H,3-5,8H2,1-2H3,(H,19,20). The Bertz CT molecular complexity index is 666. The van der Waals surface area contributed by atoms with Crippen LogP contribution < -0.4 is 4.90 Å². The van der Waals surface area contributed by atoms with E-state index in [2.05, 4.69) is 15.0 Å². The van der Waals surface area contributed by atoms with Crippen LogP contribution in [0, 0.1) is 12.3 Å². The molecule has 1 saturated heterocycles. The van der Waals surface area contributed by atoms with Crippen molar-refractivity contribution in [3.63, 3.8) is 0 Å². The van der Waals surface area contributed by atoms with Gasteiger partial charge in [-0.1, -0.05) is 0 Å². The van der Waals surface area contributed by atoms with Gasteiger partial charge in [-0.2, -0.15) is 9.61 Å². The lowest BCUT2D eigenvalue weighted by Gasteiger charge is -2.38. The quantitative estimate of drug-likeness (QED) is 0.903. The minimum Gasteiger partial charge on any atom is -0.481 e. The normalized spacial score (nSPS) is 23.2. The molecule has 0 spiro atoms. The topological polar surface area (TPSA) is 70.7 Å². The molecule has 1 aliphatic heterocycles. The van der Waals surface area contributed by atoms with Crippen molar-refractivity contribution < 1.29 is 9.90 Å². The smallest absolute Gasteiger partial charge is 0.311 e. The summed E-state index contributed by atoms with van der Waals surface area (Å²) in [6.07, 6.45) is 3.11. The molecule has 0 bridgehead atoms. The Kier molecular flexibility index (Phi) is 2.88. The van der Waals surface area contributed by atoms with E-state index >= 15 is 0 Å². The summed E-state index contributed by atoms with van der Waals surface area (Å²) in [6, 6.07) is 4.01. The molecule has 0 aliphatic carbocycles. The molecule has 2 aromatic rings. The van der Waals surface area contributed by atoms with Crippen LogP contribution in [0.5, 0.6) is 0 Å². The number of fused-ring (bicyclic) bond motifs is 1. The van der Waals surface area contributed by atoms with Crippen molar-refractivity contribution in [2.75, 3.05) is 18.0 Å². The molecule has 1 aliphatic rings. The molecule has 20 heavy (non-hydrogen) atoms. The zero-order valence-corrected chi connectivity index (χ0v) is 11.7. The zero-order valence-electron chi connectivity index (χ0n) is 11.7. The number of carboxylic acids is 1. The zero-order chi connectivity index (χ0) is 14.3. The largest absolute Gasteiger partial charge is 0.481 e. The minimum absolute atomic E-state index is 0.501. The number of nitrogens with zero attached hydrogens (tertiary/aromatic N) is 4. The van der Waals surface area contributed by atoms with Crippen molar-refractivity contribution in [3.05, 3.63) is 24.0 Å². The molecule has 106 valence electrons. The maximum atomic E-state index is 11.5. The molecule has 1 N–H and O–H groups in total. The van der Waals surface area contributed by atoms with Gasteiger partial charge in [-0.05, 0) is 44.4 Å². The van der Waals surface area contributed by atoms with E-state index in [9.17, 15) is 9.90 Å². The highest BCUT2D eigenvalue weighted by Gasteiger charge is 2.38. The van der Waals surface area contributed by atoms with Crippen LogP contribution in [-0.4, -0.2) is 38.8 Å². The summed E-state index contributed by atoms with van der Waals surface area (Å²) in [4.78, 5) is 17.8. The highest BCUT2D eigenvalue weighted by Crippen LogP contribution is 2.32. The third kappa shape index (κ3) is 2.01. The van der Waals surface area contributed by atoms with Crippen LogP contribution in [0.25, 0.3) is 5.65 Å². The number of hydrogen-bond acceptors (Lipinski definition) is 4. The van der Waals surface area contributed by atoms with Crippen LogP contribution in [-0.2, 0) is 4.79 Å². The highest BCUT2D eigenvalue weighted by molar-refractivity contribution is 5.75. The van der Waals surface area contributed by atoms with Crippen molar-refractivity contribution in [3.8, 4) is 0 Å². The Labute approximate surface area is 117 Å². The first-order chi connectivity index (χ1) is 9.49. The van der Waals surface area contributed by atoms with Gasteiger partial charge in [0.15, 0.2) is 5.65 Å². The molecule has 3 rings (SSSR count). The summed E-state index contributed by atoms with van der Waals surface area (Å²) in [5.74, 6) is 0.189. The molecular weight excluding hydrogens is 256 g/mol. The summed E-state index contributed by atoms with van der Waals surface area (Å²) in [6.45, 7) is 5.18. The predicted octanol–water partition coefficient (Wildman–Crippen LogP) is 1.73. The molecule has 1 fully saturated rings. The number of carbonyl (C=O) groups is 1. The fourth-order valence-corrected chi connectivity index (χ4v) is 2.87. The first-order valence-electron chi connectivity index (χ1n) is 6.78. The second-order valence-electron chi connectivity index (χ2n) is 5.81. The molecule has 0 amide bonds.